The fourth-order valence-corrected chi connectivity index (χ4v) is 5.00. The van der Waals surface area contributed by atoms with Crippen LogP contribution < -0.4 is 25.6 Å². The first kappa shape index (κ1) is 27.5. The van der Waals surface area contributed by atoms with Gasteiger partial charge in [-0.2, -0.15) is 4.98 Å². The van der Waals surface area contributed by atoms with E-state index in [0.717, 1.165) is 43.2 Å². The molecule has 3 aromatic rings. The molecule has 3 N–H and O–H groups in total. The number of carbonyl (C=O) groups is 1. The Kier molecular flexibility index (Phi) is 8.84. The normalized spacial score (nSPS) is 15.0. The highest BCUT2D eigenvalue weighted by Gasteiger charge is 2.20. The van der Waals surface area contributed by atoms with Gasteiger partial charge in [0.2, 0.25) is 5.95 Å². The zero-order chi connectivity index (χ0) is 27.9. The summed E-state index contributed by atoms with van der Waals surface area (Å²) in [6.07, 6.45) is 10.1. The minimum atomic E-state index is -0.644. The van der Waals surface area contributed by atoms with E-state index in [9.17, 15) is 9.18 Å². The van der Waals surface area contributed by atoms with E-state index in [4.69, 9.17) is 22.8 Å². The first-order valence-corrected chi connectivity index (χ1v) is 13.7. The van der Waals surface area contributed by atoms with E-state index in [2.05, 4.69) is 41.6 Å². The number of aromatic nitrogens is 2. The number of ether oxygens (including phenoxy) is 1. The Labute approximate surface area is 238 Å². The number of fused-ring (bicyclic) bond motifs is 1. The second-order valence-corrected chi connectivity index (χ2v) is 10.0. The summed E-state index contributed by atoms with van der Waals surface area (Å²) < 4.78 is 20.8. The number of hydrogen-bond donors (Lipinski definition) is 3. The second kappa shape index (κ2) is 12.9. The Bertz CT molecular complexity index is 1410. The van der Waals surface area contributed by atoms with Gasteiger partial charge in [0, 0.05) is 31.4 Å². The standard InChI is InChI=1S/C29H31ClFN7O2/c1-2-11-32-28(39)21-7-5-8-23(31)26(21)35-27-22(30)19-33-29(36-27)34-20-9-10-24-25(18-20)40-17-6-14-38(24)16-15-37-12-3-4-13-37/h1,5,7-10,18-19H,3-4,6,11-17H2,(H,32,39)(H2,33,34,35,36). The molecular weight excluding hydrogens is 533 g/mol. The first-order chi connectivity index (χ1) is 19.5. The van der Waals surface area contributed by atoms with Gasteiger partial charge in [-0.25, -0.2) is 9.37 Å². The molecule has 9 nitrogen and oxygen atoms in total. The van der Waals surface area contributed by atoms with Crippen molar-refractivity contribution < 1.29 is 13.9 Å². The third-order valence-corrected chi connectivity index (χ3v) is 7.14. The van der Waals surface area contributed by atoms with Crippen LogP contribution in [-0.2, 0) is 0 Å². The minimum absolute atomic E-state index is 0.0117. The molecule has 11 heteroatoms. The van der Waals surface area contributed by atoms with Crippen molar-refractivity contribution in [2.75, 3.05) is 61.4 Å². The van der Waals surface area contributed by atoms with Crippen LogP contribution in [-0.4, -0.2) is 66.7 Å². The quantitative estimate of drug-likeness (QED) is 0.320. The van der Waals surface area contributed by atoms with Crippen LogP contribution in [0.1, 0.15) is 29.6 Å². The maximum atomic E-state index is 14.8. The largest absolute Gasteiger partial charge is 0.491 e. The van der Waals surface area contributed by atoms with Crippen molar-refractivity contribution in [3.05, 3.63) is 59.0 Å². The predicted octanol–water partition coefficient (Wildman–Crippen LogP) is 4.80. The molecule has 0 unspecified atom stereocenters. The highest BCUT2D eigenvalue weighted by molar-refractivity contribution is 6.33. The van der Waals surface area contributed by atoms with Gasteiger partial charge in [-0.3, -0.25) is 4.79 Å². The summed E-state index contributed by atoms with van der Waals surface area (Å²) in [5, 5.41) is 8.72. The molecule has 0 atom stereocenters. The molecule has 0 saturated carbocycles. The first-order valence-electron chi connectivity index (χ1n) is 13.3. The lowest BCUT2D eigenvalue weighted by molar-refractivity contribution is 0.0959. The van der Waals surface area contributed by atoms with Crippen LogP contribution in [0.25, 0.3) is 0 Å². The third-order valence-electron chi connectivity index (χ3n) is 6.87. The van der Waals surface area contributed by atoms with Gasteiger partial charge in [0.1, 0.15) is 16.6 Å². The number of carbonyl (C=O) groups excluding carboxylic acids is 1. The van der Waals surface area contributed by atoms with Gasteiger partial charge >= 0.3 is 0 Å². The van der Waals surface area contributed by atoms with Crippen LogP contribution in [0, 0.1) is 18.2 Å². The number of nitrogens with zero attached hydrogens (tertiary/aromatic N) is 4. The molecule has 0 bridgehead atoms. The number of rotatable bonds is 9. The number of halogens is 2. The maximum absolute atomic E-state index is 14.8. The molecule has 1 fully saturated rings. The van der Waals surface area contributed by atoms with E-state index in [1.54, 1.807) is 0 Å². The molecule has 2 aliphatic rings. The molecule has 5 rings (SSSR count). The van der Waals surface area contributed by atoms with Crippen LogP contribution in [0.4, 0.5) is 33.2 Å². The van der Waals surface area contributed by atoms with E-state index < -0.39 is 11.7 Å². The molecule has 3 heterocycles. The molecule has 2 aromatic carbocycles. The molecule has 0 aliphatic carbocycles. The summed E-state index contributed by atoms with van der Waals surface area (Å²) >= 11 is 6.33. The molecule has 0 spiro atoms. The number of hydrogen-bond acceptors (Lipinski definition) is 8. The molecule has 1 amide bonds. The fraction of sp³-hybridized carbons (Fsp3) is 0.345. The zero-order valence-corrected chi connectivity index (χ0v) is 22.8. The number of amides is 1. The van der Waals surface area contributed by atoms with Crippen molar-refractivity contribution in [1.29, 1.82) is 0 Å². The van der Waals surface area contributed by atoms with Gasteiger partial charge < -0.3 is 30.5 Å². The van der Waals surface area contributed by atoms with Crippen LogP contribution in [0.3, 0.4) is 0 Å². The molecule has 40 heavy (non-hydrogen) atoms. The van der Waals surface area contributed by atoms with Crippen molar-refractivity contribution in [1.82, 2.24) is 20.2 Å². The predicted molar refractivity (Wildman–Crippen MR) is 156 cm³/mol. The van der Waals surface area contributed by atoms with Crippen molar-refractivity contribution in [2.45, 2.75) is 19.3 Å². The summed E-state index contributed by atoms with van der Waals surface area (Å²) in [6, 6.07) is 10.1. The van der Waals surface area contributed by atoms with Gasteiger partial charge in [-0.15, -0.1) is 6.42 Å². The average molecular weight is 564 g/mol. The lowest BCUT2D eigenvalue weighted by Gasteiger charge is -2.26. The zero-order valence-electron chi connectivity index (χ0n) is 22.1. The highest BCUT2D eigenvalue weighted by Crippen LogP contribution is 2.35. The third kappa shape index (κ3) is 6.55. The van der Waals surface area contributed by atoms with Crippen molar-refractivity contribution in [2.24, 2.45) is 0 Å². The van der Waals surface area contributed by atoms with Crippen molar-refractivity contribution >= 4 is 46.3 Å². The molecule has 1 saturated heterocycles. The molecular formula is C29H31ClFN7O2. The number of terminal acetylenes is 1. The summed E-state index contributed by atoms with van der Waals surface area (Å²) in [5.41, 5.74) is 1.79. The molecule has 1 aromatic heterocycles. The number of benzene rings is 2. The Morgan fingerprint density at radius 1 is 1.12 bits per heavy atom. The highest BCUT2D eigenvalue weighted by atomic mass is 35.5. The number of para-hydroxylation sites is 1. The van der Waals surface area contributed by atoms with E-state index in [1.807, 2.05) is 18.2 Å². The lowest BCUT2D eigenvalue weighted by atomic mass is 10.1. The Balaban J connectivity index is 1.33. The van der Waals surface area contributed by atoms with E-state index in [1.165, 1.54) is 50.3 Å². The SMILES string of the molecule is C#CCNC(=O)c1cccc(F)c1Nc1nc(Nc2ccc3c(c2)OCCCN3CCN2CCCC2)ncc1Cl. The lowest BCUT2D eigenvalue weighted by Crippen LogP contribution is -2.34. The van der Waals surface area contributed by atoms with E-state index in [-0.39, 0.29) is 34.6 Å². The topological polar surface area (TPSA) is 94.6 Å². The summed E-state index contributed by atoms with van der Waals surface area (Å²) in [6.45, 7) is 5.95. The number of anilines is 5. The van der Waals surface area contributed by atoms with Crippen LogP contribution in [0.15, 0.2) is 42.6 Å². The van der Waals surface area contributed by atoms with Gasteiger partial charge in [-0.05, 0) is 56.6 Å². The average Bonchev–Trinajstić information content (AvgIpc) is 3.40. The minimum Gasteiger partial charge on any atom is -0.491 e. The van der Waals surface area contributed by atoms with Gasteiger partial charge in [0.25, 0.3) is 5.91 Å². The summed E-state index contributed by atoms with van der Waals surface area (Å²) in [5.74, 6) is 2.32. The van der Waals surface area contributed by atoms with Gasteiger partial charge in [0.05, 0.1) is 36.3 Å². The molecule has 2 aliphatic heterocycles. The van der Waals surface area contributed by atoms with Gasteiger partial charge in [0.15, 0.2) is 5.82 Å². The van der Waals surface area contributed by atoms with Crippen LogP contribution >= 0.6 is 11.6 Å². The smallest absolute Gasteiger partial charge is 0.254 e. The monoisotopic (exact) mass is 563 g/mol. The molecule has 0 radical (unpaired) electrons. The van der Waals surface area contributed by atoms with Crippen molar-refractivity contribution in [3.63, 3.8) is 0 Å². The number of likely N-dealkylation sites (tertiary alicyclic amines) is 1. The summed E-state index contributed by atoms with van der Waals surface area (Å²) in [7, 11) is 0. The van der Waals surface area contributed by atoms with E-state index in [0.29, 0.717) is 6.61 Å². The van der Waals surface area contributed by atoms with Crippen molar-refractivity contribution in [3.8, 4) is 18.1 Å². The van der Waals surface area contributed by atoms with Crippen LogP contribution in [0.5, 0.6) is 5.75 Å². The number of nitrogens with one attached hydrogen (secondary N) is 3. The van der Waals surface area contributed by atoms with Gasteiger partial charge in [-0.1, -0.05) is 23.6 Å². The Hall–Kier alpha value is -4.07. The van der Waals surface area contributed by atoms with Crippen LogP contribution in [0.2, 0.25) is 5.02 Å². The maximum Gasteiger partial charge on any atom is 0.254 e. The fourth-order valence-electron chi connectivity index (χ4n) is 4.86. The second-order valence-electron chi connectivity index (χ2n) is 9.61. The van der Waals surface area contributed by atoms with E-state index >= 15 is 0 Å². The summed E-state index contributed by atoms with van der Waals surface area (Å²) in [4.78, 5) is 26.1. The Morgan fingerprint density at radius 2 is 1.98 bits per heavy atom. The Morgan fingerprint density at radius 3 is 2.80 bits per heavy atom. The molecule has 208 valence electrons.